The third kappa shape index (κ3) is 2.96. The lowest BCUT2D eigenvalue weighted by molar-refractivity contribution is 0.296. The topological polar surface area (TPSA) is 22.1 Å². The van der Waals surface area contributed by atoms with E-state index < -0.39 is 0 Å². The number of ether oxygens (including phenoxy) is 1. The summed E-state index contributed by atoms with van der Waals surface area (Å²) in [5.74, 6) is 0.171. The van der Waals surface area contributed by atoms with Gasteiger partial charge in [-0.1, -0.05) is 17.7 Å². The highest BCUT2D eigenvalue weighted by Gasteiger charge is 2.08. The van der Waals surface area contributed by atoms with Gasteiger partial charge in [-0.05, 0) is 40.2 Å². The highest BCUT2D eigenvalue weighted by molar-refractivity contribution is 9.10. The van der Waals surface area contributed by atoms with Gasteiger partial charge in [0.05, 0.1) is 5.02 Å². The molecule has 0 aliphatic heterocycles. The van der Waals surface area contributed by atoms with E-state index in [2.05, 4.69) is 20.9 Å². The molecule has 17 heavy (non-hydrogen) atoms. The summed E-state index contributed by atoms with van der Waals surface area (Å²) in [6.45, 7) is 0.0653. The number of halogens is 3. The van der Waals surface area contributed by atoms with Crippen LogP contribution in [0.25, 0.3) is 0 Å². The van der Waals surface area contributed by atoms with E-state index in [1.807, 2.05) is 0 Å². The summed E-state index contributed by atoms with van der Waals surface area (Å²) in [7, 11) is 0. The fraction of sp³-hybridized carbons (Fsp3) is 0.0833. The van der Waals surface area contributed by atoms with Crippen molar-refractivity contribution in [3.05, 3.63) is 57.5 Å². The molecule has 0 N–H and O–H groups in total. The van der Waals surface area contributed by atoms with Crippen LogP contribution in [0.5, 0.6) is 5.75 Å². The molecule has 0 bridgehead atoms. The summed E-state index contributed by atoms with van der Waals surface area (Å²) in [5.41, 5.74) is 0.338. The zero-order valence-electron chi connectivity index (χ0n) is 8.66. The maximum atomic E-state index is 13.5. The minimum Gasteiger partial charge on any atom is -0.486 e. The molecule has 2 rings (SSSR count). The standard InChI is InChI=1S/C12H8BrClFNO/c13-12-11(5-2-6-16-12)17-7-8-9(14)3-1-4-10(8)15/h1-6H,7H2. The predicted octanol–water partition coefficient (Wildman–Crippen LogP) is 4.22. The number of hydrogen-bond donors (Lipinski definition) is 0. The van der Waals surface area contributed by atoms with E-state index in [0.717, 1.165) is 0 Å². The summed E-state index contributed by atoms with van der Waals surface area (Å²) in [4.78, 5) is 4.00. The van der Waals surface area contributed by atoms with Gasteiger partial charge in [-0.15, -0.1) is 0 Å². The lowest BCUT2D eigenvalue weighted by Crippen LogP contribution is -2.00. The molecule has 0 amide bonds. The quantitative estimate of drug-likeness (QED) is 0.791. The van der Waals surface area contributed by atoms with Crippen LogP contribution in [-0.2, 0) is 6.61 Å². The lowest BCUT2D eigenvalue weighted by Gasteiger charge is -2.09. The van der Waals surface area contributed by atoms with E-state index in [4.69, 9.17) is 16.3 Å². The molecule has 88 valence electrons. The monoisotopic (exact) mass is 315 g/mol. The van der Waals surface area contributed by atoms with Crippen LogP contribution in [0.15, 0.2) is 41.1 Å². The second kappa shape index (κ2) is 5.47. The number of benzene rings is 1. The van der Waals surface area contributed by atoms with Crippen LogP contribution in [0.4, 0.5) is 4.39 Å². The van der Waals surface area contributed by atoms with Crippen LogP contribution in [0.3, 0.4) is 0 Å². The third-order valence-corrected chi connectivity index (χ3v) is 3.11. The maximum Gasteiger partial charge on any atom is 0.152 e. The van der Waals surface area contributed by atoms with Gasteiger partial charge in [0, 0.05) is 11.8 Å². The minimum atomic E-state index is -0.377. The van der Waals surface area contributed by atoms with Gasteiger partial charge in [-0.2, -0.15) is 0 Å². The van der Waals surface area contributed by atoms with Crippen molar-refractivity contribution in [1.29, 1.82) is 0 Å². The lowest BCUT2D eigenvalue weighted by atomic mass is 10.2. The molecule has 0 saturated heterocycles. The van der Waals surface area contributed by atoms with E-state index in [-0.39, 0.29) is 12.4 Å². The molecule has 0 radical (unpaired) electrons. The van der Waals surface area contributed by atoms with Crippen LogP contribution in [0, 0.1) is 5.82 Å². The molecule has 0 fully saturated rings. The van der Waals surface area contributed by atoms with Gasteiger partial charge in [0.15, 0.2) is 5.75 Å². The summed E-state index contributed by atoms with van der Waals surface area (Å²) >= 11 is 9.13. The van der Waals surface area contributed by atoms with Crippen LogP contribution < -0.4 is 4.74 Å². The van der Waals surface area contributed by atoms with Crippen molar-refractivity contribution in [3.8, 4) is 5.75 Å². The van der Waals surface area contributed by atoms with Crippen LogP contribution in [-0.4, -0.2) is 4.98 Å². The average molecular weight is 317 g/mol. The smallest absolute Gasteiger partial charge is 0.152 e. The molecule has 2 nitrogen and oxygen atoms in total. The molecule has 1 aromatic carbocycles. The molecule has 0 atom stereocenters. The van der Waals surface area contributed by atoms with Crippen molar-refractivity contribution in [2.75, 3.05) is 0 Å². The molecule has 0 spiro atoms. The van der Waals surface area contributed by atoms with Gasteiger partial charge in [-0.25, -0.2) is 9.37 Å². The fourth-order valence-electron chi connectivity index (χ4n) is 1.30. The number of rotatable bonds is 3. The molecule has 5 heteroatoms. The molecule has 0 aliphatic carbocycles. The van der Waals surface area contributed by atoms with E-state index >= 15 is 0 Å². The molecule has 0 aliphatic rings. The van der Waals surface area contributed by atoms with E-state index in [0.29, 0.717) is 20.9 Å². The number of nitrogens with zero attached hydrogens (tertiary/aromatic N) is 1. The van der Waals surface area contributed by atoms with Gasteiger partial charge in [-0.3, -0.25) is 0 Å². The Balaban J connectivity index is 2.16. The fourth-order valence-corrected chi connectivity index (χ4v) is 1.88. The Hall–Kier alpha value is -1.13. The largest absolute Gasteiger partial charge is 0.486 e. The molecule has 1 aromatic heterocycles. The number of hydrogen-bond acceptors (Lipinski definition) is 2. The molecule has 0 saturated carbocycles. The van der Waals surface area contributed by atoms with Gasteiger partial charge >= 0.3 is 0 Å². The van der Waals surface area contributed by atoms with E-state index in [1.54, 1.807) is 30.5 Å². The Morgan fingerprint density at radius 1 is 1.29 bits per heavy atom. The second-order valence-electron chi connectivity index (χ2n) is 3.28. The first kappa shape index (κ1) is 12.3. The van der Waals surface area contributed by atoms with Crippen LogP contribution in [0.2, 0.25) is 5.02 Å². The summed E-state index contributed by atoms with van der Waals surface area (Å²) in [6.07, 6.45) is 1.63. The van der Waals surface area contributed by atoms with Crippen molar-refractivity contribution < 1.29 is 9.13 Å². The van der Waals surface area contributed by atoms with Gasteiger partial charge < -0.3 is 4.74 Å². The molecular formula is C12H8BrClFNO. The first-order valence-corrected chi connectivity index (χ1v) is 6.02. The Kier molecular flexibility index (Phi) is 3.97. The van der Waals surface area contributed by atoms with Crippen LogP contribution in [0.1, 0.15) is 5.56 Å². The maximum absolute atomic E-state index is 13.5. The first-order chi connectivity index (χ1) is 8.18. The van der Waals surface area contributed by atoms with Gasteiger partial charge in [0.25, 0.3) is 0 Å². The van der Waals surface area contributed by atoms with Crippen molar-refractivity contribution >= 4 is 27.5 Å². The molecule has 1 heterocycles. The zero-order valence-corrected chi connectivity index (χ0v) is 11.0. The second-order valence-corrected chi connectivity index (χ2v) is 4.44. The van der Waals surface area contributed by atoms with E-state index in [1.165, 1.54) is 6.07 Å². The Morgan fingerprint density at radius 2 is 2.12 bits per heavy atom. The number of pyridine rings is 1. The highest BCUT2D eigenvalue weighted by atomic mass is 79.9. The number of aromatic nitrogens is 1. The highest BCUT2D eigenvalue weighted by Crippen LogP contribution is 2.25. The van der Waals surface area contributed by atoms with Gasteiger partial charge in [0.1, 0.15) is 17.0 Å². The summed E-state index contributed by atoms with van der Waals surface area (Å²) in [5, 5.41) is 0.352. The first-order valence-electron chi connectivity index (χ1n) is 4.84. The molecular weight excluding hydrogens is 308 g/mol. The predicted molar refractivity (Wildman–Crippen MR) is 67.7 cm³/mol. The third-order valence-electron chi connectivity index (χ3n) is 2.16. The Bertz CT molecular complexity index is 515. The normalized spacial score (nSPS) is 10.3. The SMILES string of the molecule is Fc1cccc(Cl)c1COc1cccnc1Br. The Labute approximate surface area is 112 Å². The summed E-state index contributed by atoms with van der Waals surface area (Å²) < 4.78 is 19.5. The van der Waals surface area contributed by atoms with Crippen molar-refractivity contribution in [2.45, 2.75) is 6.61 Å². The van der Waals surface area contributed by atoms with Crippen LogP contribution >= 0.6 is 27.5 Å². The van der Waals surface area contributed by atoms with Crippen molar-refractivity contribution in [1.82, 2.24) is 4.98 Å². The zero-order chi connectivity index (χ0) is 12.3. The minimum absolute atomic E-state index is 0.0653. The molecule has 2 aromatic rings. The summed E-state index contributed by atoms with van der Waals surface area (Å²) in [6, 6.07) is 8.01. The van der Waals surface area contributed by atoms with Crippen molar-refractivity contribution in [2.24, 2.45) is 0 Å². The average Bonchev–Trinajstić information content (AvgIpc) is 2.30. The van der Waals surface area contributed by atoms with Gasteiger partial charge in [0.2, 0.25) is 0 Å². The van der Waals surface area contributed by atoms with E-state index in [9.17, 15) is 4.39 Å². The van der Waals surface area contributed by atoms with Crippen molar-refractivity contribution in [3.63, 3.8) is 0 Å². The molecule has 0 unspecified atom stereocenters. The Morgan fingerprint density at radius 3 is 2.82 bits per heavy atom.